The van der Waals surface area contributed by atoms with Crippen LogP contribution in [-0.4, -0.2) is 151 Å². The van der Waals surface area contributed by atoms with Crippen molar-refractivity contribution in [1.82, 2.24) is 50.6 Å². The average Bonchev–Trinajstić information content (AvgIpc) is 0.798. The first kappa shape index (κ1) is 71.6. The molecule has 2 aliphatic carbocycles. The molecule has 4 heterocycles. The minimum atomic E-state index is -4.69. The number of amides is 2. The summed E-state index contributed by atoms with van der Waals surface area (Å²) in [5, 5.41) is 18.4. The molecule has 2 saturated carbocycles. The van der Waals surface area contributed by atoms with E-state index in [1.165, 1.54) is 14.2 Å². The van der Waals surface area contributed by atoms with Gasteiger partial charge in [0.1, 0.15) is 34.3 Å². The summed E-state index contributed by atoms with van der Waals surface area (Å²) < 4.78 is 96.9. The zero-order valence-corrected chi connectivity index (χ0v) is 52.1. The van der Waals surface area contributed by atoms with Crippen LogP contribution >= 0.6 is 0 Å². The van der Waals surface area contributed by atoms with E-state index in [-0.39, 0.29) is 93.0 Å². The third kappa shape index (κ3) is 19.2. The summed E-state index contributed by atoms with van der Waals surface area (Å²) in [5.74, 6) is -0.176. The molecule has 4 atom stereocenters. The van der Waals surface area contributed by atoms with Gasteiger partial charge in [-0.15, -0.1) is 0 Å². The molecule has 92 heavy (non-hydrogen) atoms. The molecular formula is C68H92F6N14O4. The van der Waals surface area contributed by atoms with E-state index in [9.17, 15) is 35.9 Å². The van der Waals surface area contributed by atoms with E-state index < -0.39 is 23.5 Å². The van der Waals surface area contributed by atoms with E-state index in [0.717, 1.165) is 127 Å². The quantitative estimate of drug-likeness (QED) is 0.0396. The van der Waals surface area contributed by atoms with Crippen molar-refractivity contribution in [2.75, 3.05) is 89.4 Å². The van der Waals surface area contributed by atoms with Crippen molar-refractivity contribution in [1.29, 1.82) is 0 Å². The molecule has 2 saturated heterocycles. The minimum Gasteiger partial charge on any atom is -0.495 e. The average molecular weight is 1280 g/mol. The van der Waals surface area contributed by atoms with E-state index in [2.05, 4.69) is 99.8 Å². The number of benzene rings is 4. The lowest BCUT2D eigenvalue weighted by atomic mass is 9.87. The van der Waals surface area contributed by atoms with Crippen LogP contribution in [0, 0.1) is 0 Å². The Hall–Kier alpha value is -7.80. The predicted octanol–water partition coefficient (Wildman–Crippen LogP) is 12.8. The topological polar surface area (TPSA) is 189 Å². The van der Waals surface area contributed by atoms with E-state index >= 15 is 0 Å². The van der Waals surface area contributed by atoms with Gasteiger partial charge >= 0.3 is 12.4 Å². The van der Waals surface area contributed by atoms with Crippen LogP contribution in [-0.2, 0) is 25.4 Å². The molecule has 2 aliphatic heterocycles. The molecule has 4 aromatic carbocycles. The number of likely N-dealkylation sites (tertiary alicyclic amines) is 2. The highest BCUT2D eigenvalue weighted by Crippen LogP contribution is 2.41. The van der Waals surface area contributed by atoms with Gasteiger partial charge in [-0.05, 0) is 153 Å². The number of hydrogen-bond acceptors (Lipinski definition) is 16. The number of ether oxygens (including phenoxy) is 2. The van der Waals surface area contributed by atoms with Gasteiger partial charge < -0.3 is 56.1 Å². The van der Waals surface area contributed by atoms with Crippen molar-refractivity contribution in [3.05, 3.63) is 143 Å². The van der Waals surface area contributed by atoms with E-state index in [1.54, 1.807) is 36.4 Å². The maximum atomic E-state index is 14.8. The monoisotopic (exact) mass is 1280 g/mol. The molecule has 0 bridgehead atoms. The highest BCUT2D eigenvalue weighted by Gasteiger charge is 2.42. The Balaban J connectivity index is 0.000000268. The van der Waals surface area contributed by atoms with Crippen molar-refractivity contribution < 1.29 is 45.4 Å². The maximum absolute atomic E-state index is 14.8. The lowest BCUT2D eigenvalue weighted by Crippen LogP contribution is -2.52. The van der Waals surface area contributed by atoms with Gasteiger partial charge in [-0.25, -0.2) is 9.97 Å². The van der Waals surface area contributed by atoms with Gasteiger partial charge in [-0.1, -0.05) is 101 Å². The number of nitrogens with one attached hydrogen (secondary N) is 6. The second kappa shape index (κ2) is 33.2. The number of halogens is 6. The van der Waals surface area contributed by atoms with Gasteiger partial charge in [-0.2, -0.15) is 36.3 Å². The molecule has 2 aromatic heterocycles. The molecule has 500 valence electrons. The first-order valence-electron chi connectivity index (χ1n) is 31.0. The number of hydrogen-bond donors (Lipinski definition) is 6. The number of rotatable bonds is 20. The number of carbonyl (C=O) groups excluding carboxylic acids is 2. The first-order valence-corrected chi connectivity index (χ1v) is 31.0. The molecule has 6 aromatic rings. The lowest BCUT2D eigenvalue weighted by Gasteiger charge is -2.45. The fraction of sp³-hybridized carbons (Fsp3) is 0.500. The second-order valence-electron chi connectivity index (χ2n) is 23.9. The van der Waals surface area contributed by atoms with Crippen molar-refractivity contribution in [3.8, 4) is 11.5 Å². The Morgan fingerprint density at radius 1 is 0.576 bits per heavy atom. The third-order valence-electron chi connectivity index (χ3n) is 17.6. The van der Waals surface area contributed by atoms with Crippen LogP contribution in [0.15, 0.2) is 109 Å². The van der Waals surface area contributed by atoms with Gasteiger partial charge in [0.25, 0.3) is 11.8 Å². The molecule has 24 heteroatoms. The molecule has 4 aliphatic rings. The Morgan fingerprint density at radius 2 is 1.02 bits per heavy atom. The van der Waals surface area contributed by atoms with Crippen LogP contribution < -0.4 is 46.3 Å². The number of aromatic nitrogens is 4. The summed E-state index contributed by atoms with van der Waals surface area (Å²) in [5.41, 5.74) is 1.93. The molecule has 18 nitrogen and oxygen atoms in total. The van der Waals surface area contributed by atoms with E-state index in [1.807, 2.05) is 60.5 Å². The molecule has 6 N–H and O–H groups in total. The third-order valence-corrected chi connectivity index (χ3v) is 17.6. The summed E-state index contributed by atoms with van der Waals surface area (Å²) in [6, 6.07) is 29.3. The summed E-state index contributed by atoms with van der Waals surface area (Å²) >= 11 is 0. The lowest BCUT2D eigenvalue weighted by molar-refractivity contribution is -0.138. The fourth-order valence-corrected chi connectivity index (χ4v) is 12.5. The molecule has 0 unspecified atom stereocenters. The molecule has 2 amide bonds. The molecule has 0 radical (unpaired) electrons. The smallest absolute Gasteiger partial charge is 0.421 e. The Bertz CT molecular complexity index is 3300. The van der Waals surface area contributed by atoms with Crippen LogP contribution in [0.25, 0.3) is 0 Å². The normalized spacial score (nSPS) is 19.2. The van der Waals surface area contributed by atoms with Gasteiger partial charge in [0, 0.05) is 72.9 Å². The van der Waals surface area contributed by atoms with Gasteiger partial charge in [0.2, 0.25) is 11.9 Å². The zero-order valence-electron chi connectivity index (χ0n) is 52.1. The van der Waals surface area contributed by atoms with Crippen LogP contribution in [0.3, 0.4) is 0 Å². The summed E-state index contributed by atoms with van der Waals surface area (Å²) in [7, 11) is 10.9. The van der Waals surface area contributed by atoms with Crippen molar-refractivity contribution in [2.45, 2.75) is 154 Å². The number of anilines is 6. The standard InChI is InChI=1S/C40H48F3N7O2.C26H36F3N7O2.2CH4/c1-48-22-20-31(21-23-48)45-38(51)30-18-19-33(36(24-30)52-3)46-39-44-25-32(40(41,42)43)37(47-39)50(27-29-14-8-5-9-15-29)35-17-11-10-16-34(35)49(2)26-28-12-6-4-7-13-28;1-30-19-6-4-5-7-20(19)33-23-18(26(27,28)29)15-31-25(35-23)34-21-9-8-16(14-22(21)38-3)24(37)32-17-10-12-36(2)13-11-17;;/h4-9,12-15,18-19,24-25,31,34-35H,10-11,16-17,20-23,26-27H2,1-3H3,(H,45,51)(H,44,46,47);8-9,14-15,17,19-20,30H,4-7,10-13H2,1-3H3,(H,32,37)(H2,31,33,34,35);2*1H4/t34-,35-;19-,20-;;/m11../s1. The van der Waals surface area contributed by atoms with Crippen LogP contribution in [0.2, 0.25) is 0 Å². The Labute approximate surface area is 538 Å². The van der Waals surface area contributed by atoms with E-state index in [4.69, 9.17) is 9.47 Å². The van der Waals surface area contributed by atoms with Gasteiger partial charge in [0.05, 0.1) is 25.6 Å². The van der Waals surface area contributed by atoms with Crippen molar-refractivity contribution in [3.63, 3.8) is 0 Å². The van der Waals surface area contributed by atoms with Gasteiger partial charge in [-0.3, -0.25) is 14.5 Å². The largest absolute Gasteiger partial charge is 0.495 e. The number of nitrogens with zero attached hydrogens (tertiary/aromatic N) is 8. The Morgan fingerprint density at radius 3 is 1.50 bits per heavy atom. The van der Waals surface area contributed by atoms with Crippen molar-refractivity contribution in [2.24, 2.45) is 0 Å². The molecule has 10 rings (SSSR count). The highest BCUT2D eigenvalue weighted by atomic mass is 19.4. The summed E-state index contributed by atoms with van der Waals surface area (Å²) in [6.45, 7) is 4.61. The number of piperidine rings is 2. The summed E-state index contributed by atoms with van der Waals surface area (Å²) in [4.78, 5) is 51.4. The van der Waals surface area contributed by atoms with Gasteiger partial charge in [0.15, 0.2) is 0 Å². The zero-order chi connectivity index (χ0) is 64.0. The fourth-order valence-electron chi connectivity index (χ4n) is 12.5. The minimum absolute atomic E-state index is 0. The number of methoxy groups -OCH3 is 2. The van der Waals surface area contributed by atoms with Crippen LogP contribution in [0.4, 0.5) is 61.2 Å². The molecule has 0 spiro atoms. The second-order valence-corrected chi connectivity index (χ2v) is 23.9. The number of carbonyl (C=O) groups is 2. The number of likely N-dealkylation sites (N-methyl/N-ethyl adjacent to an activating group) is 2. The summed E-state index contributed by atoms with van der Waals surface area (Å²) in [6.07, 6.45) is 2.91. The molecule has 4 fully saturated rings. The SMILES string of the molecule is C.C.CN[C@@H]1CCCC[C@H]1Nc1nc(Nc2ccc(C(=O)NC3CCN(C)CC3)cc2OC)ncc1C(F)(F)F.COc1cc(C(=O)NC2CCN(C)CC2)ccc1Nc1ncc(C(F)(F)F)c(N(Cc2ccccc2)[C@@H]2CCCC[C@H]2N(C)Cc2ccccc2)n1. The highest BCUT2D eigenvalue weighted by molar-refractivity contribution is 5.96. The maximum Gasteiger partial charge on any atom is 0.421 e. The Kier molecular flexibility index (Phi) is 25.8. The van der Waals surface area contributed by atoms with E-state index in [0.29, 0.717) is 40.5 Å². The van der Waals surface area contributed by atoms with Crippen LogP contribution in [0.5, 0.6) is 11.5 Å². The first-order chi connectivity index (χ1) is 43.3. The van der Waals surface area contributed by atoms with Crippen molar-refractivity contribution >= 4 is 46.7 Å². The molecular weight excluding hydrogens is 1190 g/mol. The van der Waals surface area contributed by atoms with Crippen LogP contribution in [0.1, 0.15) is 135 Å². The number of alkyl halides is 6. The predicted molar refractivity (Wildman–Crippen MR) is 351 cm³/mol.